The molecule has 1 aliphatic rings. The number of amides is 1. The molecule has 1 aromatic carbocycles. The molecule has 5 heteroatoms. The molecule has 0 aromatic heterocycles. The van der Waals surface area contributed by atoms with Crippen molar-refractivity contribution in [3.63, 3.8) is 0 Å². The highest BCUT2D eigenvalue weighted by atomic mass is 79.9. The van der Waals surface area contributed by atoms with Crippen molar-refractivity contribution >= 4 is 21.8 Å². The molecule has 1 aromatic rings. The lowest BCUT2D eigenvalue weighted by Gasteiger charge is -2.16. The van der Waals surface area contributed by atoms with Crippen LogP contribution < -0.4 is 5.73 Å². The van der Waals surface area contributed by atoms with Crippen LogP contribution >= 0.6 is 15.9 Å². The van der Waals surface area contributed by atoms with Crippen LogP contribution in [-0.4, -0.2) is 29.9 Å². The average molecular weight is 301 g/mol. The second-order valence-corrected chi connectivity index (χ2v) is 5.31. The van der Waals surface area contributed by atoms with E-state index in [1.807, 2.05) is 6.92 Å². The van der Waals surface area contributed by atoms with Gasteiger partial charge in [-0.2, -0.15) is 0 Å². The lowest BCUT2D eigenvalue weighted by atomic mass is 10.1. The maximum atomic E-state index is 13.8. The third kappa shape index (κ3) is 2.35. The Bertz CT molecular complexity index is 442. The highest BCUT2D eigenvalue weighted by Gasteiger charge is 2.31. The predicted octanol–water partition coefficient (Wildman–Crippen LogP) is 2.01. The summed E-state index contributed by atoms with van der Waals surface area (Å²) in [5.41, 5.74) is 5.95. The van der Waals surface area contributed by atoms with Crippen LogP contribution in [0.15, 0.2) is 22.7 Å². The molecule has 2 unspecified atom stereocenters. The number of nitrogens with two attached hydrogens (primary N) is 1. The molecule has 0 spiro atoms. The molecular weight excluding hydrogens is 287 g/mol. The number of halogens is 2. The van der Waals surface area contributed by atoms with Crippen LogP contribution in [0.4, 0.5) is 4.39 Å². The van der Waals surface area contributed by atoms with E-state index in [2.05, 4.69) is 15.9 Å². The van der Waals surface area contributed by atoms with Gasteiger partial charge in [0.15, 0.2) is 0 Å². The summed E-state index contributed by atoms with van der Waals surface area (Å²) in [6, 6.07) is 4.70. The summed E-state index contributed by atoms with van der Waals surface area (Å²) in [7, 11) is 0. The highest BCUT2D eigenvalue weighted by molar-refractivity contribution is 9.10. The average Bonchev–Trinajstić information content (AvgIpc) is 2.62. The summed E-state index contributed by atoms with van der Waals surface area (Å²) in [4.78, 5) is 13.7. The smallest absolute Gasteiger partial charge is 0.256 e. The van der Waals surface area contributed by atoms with Gasteiger partial charge in [0.2, 0.25) is 0 Å². The van der Waals surface area contributed by atoms with Crippen LogP contribution in [0.5, 0.6) is 0 Å². The molecule has 0 bridgehead atoms. The molecule has 2 N–H and O–H groups in total. The number of carbonyl (C=O) groups excluding carboxylic acids is 1. The van der Waals surface area contributed by atoms with E-state index in [1.165, 1.54) is 6.07 Å². The standard InChI is InChI=1S/C12H14BrFN2O/c1-7-5-16(6-10(7)15)12(17)8-3-2-4-9(13)11(8)14/h2-4,7,10H,5-6,15H2,1H3. The number of hydrogen-bond donors (Lipinski definition) is 1. The molecule has 17 heavy (non-hydrogen) atoms. The van der Waals surface area contributed by atoms with Crippen LogP contribution in [0.3, 0.4) is 0 Å². The van der Waals surface area contributed by atoms with E-state index < -0.39 is 5.82 Å². The molecule has 3 nitrogen and oxygen atoms in total. The first-order valence-corrected chi connectivity index (χ1v) is 6.29. The Kier molecular flexibility index (Phi) is 3.49. The quantitative estimate of drug-likeness (QED) is 0.862. The van der Waals surface area contributed by atoms with E-state index in [9.17, 15) is 9.18 Å². The molecule has 0 radical (unpaired) electrons. The summed E-state index contributed by atoms with van der Waals surface area (Å²) in [6.07, 6.45) is 0. The number of hydrogen-bond acceptors (Lipinski definition) is 2. The number of likely N-dealkylation sites (tertiary alicyclic amines) is 1. The van der Waals surface area contributed by atoms with Crippen molar-refractivity contribution in [2.45, 2.75) is 13.0 Å². The monoisotopic (exact) mass is 300 g/mol. The van der Waals surface area contributed by atoms with Gasteiger partial charge in [0.05, 0.1) is 10.0 Å². The largest absolute Gasteiger partial charge is 0.337 e. The van der Waals surface area contributed by atoms with Gasteiger partial charge in [-0.3, -0.25) is 4.79 Å². The lowest BCUT2D eigenvalue weighted by Crippen LogP contribution is -2.32. The Balaban J connectivity index is 2.24. The van der Waals surface area contributed by atoms with Crippen LogP contribution in [0.25, 0.3) is 0 Å². The predicted molar refractivity (Wildman–Crippen MR) is 67.1 cm³/mol. The Morgan fingerprint density at radius 2 is 2.24 bits per heavy atom. The van der Waals surface area contributed by atoms with Crippen molar-refractivity contribution in [1.82, 2.24) is 4.90 Å². The minimum absolute atomic E-state index is 0.0193. The summed E-state index contributed by atoms with van der Waals surface area (Å²) in [5.74, 6) is -0.539. The van der Waals surface area contributed by atoms with Gasteiger partial charge in [-0.1, -0.05) is 13.0 Å². The van der Waals surface area contributed by atoms with Crippen LogP contribution in [0, 0.1) is 11.7 Å². The zero-order valence-corrected chi connectivity index (χ0v) is 11.1. The second kappa shape index (κ2) is 4.74. The first-order valence-electron chi connectivity index (χ1n) is 5.49. The Hall–Kier alpha value is -0.940. The van der Waals surface area contributed by atoms with Gasteiger partial charge in [-0.15, -0.1) is 0 Å². The molecular formula is C12H14BrFN2O. The Labute approximate surface area is 108 Å². The van der Waals surface area contributed by atoms with E-state index in [1.54, 1.807) is 17.0 Å². The van der Waals surface area contributed by atoms with Crippen LogP contribution in [0.2, 0.25) is 0 Å². The van der Waals surface area contributed by atoms with Gasteiger partial charge in [-0.05, 0) is 34.0 Å². The molecule has 92 valence electrons. The zero-order valence-electron chi connectivity index (χ0n) is 9.49. The van der Waals surface area contributed by atoms with Gasteiger partial charge < -0.3 is 10.6 Å². The topological polar surface area (TPSA) is 46.3 Å². The van der Waals surface area contributed by atoms with E-state index in [4.69, 9.17) is 5.73 Å². The zero-order chi connectivity index (χ0) is 12.6. The number of benzene rings is 1. The van der Waals surface area contributed by atoms with Crippen LogP contribution in [-0.2, 0) is 0 Å². The molecule has 0 aliphatic carbocycles. The lowest BCUT2D eigenvalue weighted by molar-refractivity contribution is 0.0782. The fourth-order valence-corrected chi connectivity index (χ4v) is 2.36. The van der Waals surface area contributed by atoms with E-state index >= 15 is 0 Å². The van der Waals surface area contributed by atoms with Gasteiger partial charge in [0.25, 0.3) is 5.91 Å². The van der Waals surface area contributed by atoms with Crippen molar-refractivity contribution in [2.24, 2.45) is 11.7 Å². The summed E-state index contributed by atoms with van der Waals surface area (Å²) in [5, 5.41) is 0. The van der Waals surface area contributed by atoms with Crippen molar-refractivity contribution in [3.05, 3.63) is 34.1 Å². The van der Waals surface area contributed by atoms with Crippen LogP contribution in [0.1, 0.15) is 17.3 Å². The van der Waals surface area contributed by atoms with Gasteiger partial charge in [0.1, 0.15) is 5.82 Å². The van der Waals surface area contributed by atoms with Crippen molar-refractivity contribution in [1.29, 1.82) is 0 Å². The second-order valence-electron chi connectivity index (χ2n) is 4.45. The molecule has 1 amide bonds. The van der Waals surface area contributed by atoms with E-state index in [0.717, 1.165) is 0 Å². The number of nitrogens with zero attached hydrogens (tertiary/aromatic N) is 1. The van der Waals surface area contributed by atoms with Crippen molar-refractivity contribution < 1.29 is 9.18 Å². The molecule has 2 rings (SSSR count). The molecule has 1 saturated heterocycles. The van der Waals surface area contributed by atoms with E-state index in [0.29, 0.717) is 17.6 Å². The normalized spacial score (nSPS) is 24.1. The molecule has 2 atom stereocenters. The summed E-state index contributed by atoms with van der Waals surface area (Å²) >= 11 is 3.08. The number of rotatable bonds is 1. The van der Waals surface area contributed by atoms with E-state index in [-0.39, 0.29) is 23.4 Å². The summed E-state index contributed by atoms with van der Waals surface area (Å²) < 4.78 is 14.1. The van der Waals surface area contributed by atoms with Gasteiger partial charge >= 0.3 is 0 Å². The van der Waals surface area contributed by atoms with Gasteiger partial charge in [-0.25, -0.2) is 4.39 Å². The molecule has 1 fully saturated rings. The maximum Gasteiger partial charge on any atom is 0.256 e. The summed E-state index contributed by atoms with van der Waals surface area (Å²) in [6.45, 7) is 3.08. The maximum absolute atomic E-state index is 13.8. The fourth-order valence-electron chi connectivity index (χ4n) is 2.00. The first-order chi connectivity index (χ1) is 8.00. The third-order valence-electron chi connectivity index (χ3n) is 3.14. The minimum Gasteiger partial charge on any atom is -0.337 e. The molecule has 1 heterocycles. The third-order valence-corrected chi connectivity index (χ3v) is 3.75. The Morgan fingerprint density at radius 3 is 2.82 bits per heavy atom. The van der Waals surface area contributed by atoms with Crippen molar-refractivity contribution in [2.75, 3.05) is 13.1 Å². The minimum atomic E-state index is -0.509. The molecule has 1 aliphatic heterocycles. The highest BCUT2D eigenvalue weighted by Crippen LogP contribution is 2.22. The molecule has 0 saturated carbocycles. The van der Waals surface area contributed by atoms with Crippen molar-refractivity contribution in [3.8, 4) is 0 Å². The fraction of sp³-hybridized carbons (Fsp3) is 0.417. The van der Waals surface area contributed by atoms with Gasteiger partial charge in [0, 0.05) is 19.1 Å². The number of carbonyl (C=O) groups is 1. The SMILES string of the molecule is CC1CN(C(=O)c2cccc(Br)c2F)CC1N. The Morgan fingerprint density at radius 1 is 1.53 bits per heavy atom. The first kappa shape index (κ1) is 12.5.